The number of rotatable bonds is 1. The number of piperidine rings is 1. The molecule has 0 aromatic heterocycles. The fraction of sp³-hybridized carbons (Fsp3) is 0.588. The first-order valence-electron chi connectivity index (χ1n) is 7.45. The molecule has 1 heterocycles. The van der Waals surface area contributed by atoms with Gasteiger partial charge < -0.3 is 10.6 Å². The highest BCUT2D eigenvalue weighted by molar-refractivity contribution is 5.96. The van der Waals surface area contributed by atoms with Crippen LogP contribution in [0.3, 0.4) is 0 Å². The number of anilines is 1. The molecule has 0 saturated carbocycles. The third kappa shape index (κ3) is 2.97. The van der Waals surface area contributed by atoms with Gasteiger partial charge in [0.15, 0.2) is 0 Å². The van der Waals surface area contributed by atoms with Crippen molar-refractivity contribution in [1.29, 1.82) is 0 Å². The second-order valence-corrected chi connectivity index (χ2v) is 6.95. The molecular weight excluding hydrogens is 248 g/mol. The summed E-state index contributed by atoms with van der Waals surface area (Å²) in [4.78, 5) is 14.6. The summed E-state index contributed by atoms with van der Waals surface area (Å²) in [5.74, 6) is 0.829. The van der Waals surface area contributed by atoms with E-state index in [9.17, 15) is 4.79 Å². The zero-order valence-electron chi connectivity index (χ0n) is 13.1. The second-order valence-electron chi connectivity index (χ2n) is 6.95. The Kier molecular flexibility index (Phi) is 4.07. The van der Waals surface area contributed by atoms with E-state index in [2.05, 4.69) is 20.8 Å². The number of benzene rings is 1. The van der Waals surface area contributed by atoms with Crippen LogP contribution in [0.5, 0.6) is 0 Å². The van der Waals surface area contributed by atoms with Gasteiger partial charge in [0, 0.05) is 24.3 Å². The highest BCUT2D eigenvalue weighted by atomic mass is 16.2. The summed E-state index contributed by atoms with van der Waals surface area (Å²) in [6.07, 6.45) is 2.19. The molecule has 1 saturated heterocycles. The molecule has 1 aliphatic rings. The van der Waals surface area contributed by atoms with Crippen molar-refractivity contribution in [3.63, 3.8) is 0 Å². The predicted molar refractivity (Wildman–Crippen MR) is 83.7 cm³/mol. The monoisotopic (exact) mass is 274 g/mol. The molecule has 3 nitrogen and oxygen atoms in total. The van der Waals surface area contributed by atoms with E-state index >= 15 is 0 Å². The van der Waals surface area contributed by atoms with Gasteiger partial charge in [0.05, 0.1) is 0 Å². The molecule has 0 atom stereocenters. The van der Waals surface area contributed by atoms with Gasteiger partial charge in [-0.25, -0.2) is 0 Å². The third-order valence-electron chi connectivity index (χ3n) is 4.61. The summed E-state index contributed by atoms with van der Waals surface area (Å²) in [5, 5.41) is 0. The maximum Gasteiger partial charge on any atom is 0.254 e. The van der Waals surface area contributed by atoms with E-state index < -0.39 is 0 Å². The zero-order chi connectivity index (χ0) is 14.9. The molecule has 1 aromatic carbocycles. The van der Waals surface area contributed by atoms with Crippen LogP contribution in [0.25, 0.3) is 0 Å². The van der Waals surface area contributed by atoms with Crippen LogP contribution in [0.2, 0.25) is 0 Å². The SMILES string of the molecule is Cc1c(N)cccc1C(=O)N1CCC(C(C)(C)C)CC1. The van der Waals surface area contributed by atoms with Crippen molar-refractivity contribution < 1.29 is 4.79 Å². The second kappa shape index (κ2) is 5.47. The van der Waals surface area contributed by atoms with Crippen LogP contribution in [0.4, 0.5) is 5.69 Å². The molecule has 3 heteroatoms. The van der Waals surface area contributed by atoms with Gasteiger partial charge in [-0.15, -0.1) is 0 Å². The van der Waals surface area contributed by atoms with Gasteiger partial charge in [-0.1, -0.05) is 26.8 Å². The van der Waals surface area contributed by atoms with Gasteiger partial charge in [-0.05, 0) is 48.8 Å². The van der Waals surface area contributed by atoms with Gasteiger partial charge in [0.25, 0.3) is 5.91 Å². The van der Waals surface area contributed by atoms with Crippen molar-refractivity contribution in [3.05, 3.63) is 29.3 Å². The molecule has 20 heavy (non-hydrogen) atoms. The first kappa shape index (κ1) is 14.9. The number of likely N-dealkylation sites (tertiary alicyclic amines) is 1. The van der Waals surface area contributed by atoms with Crippen LogP contribution < -0.4 is 5.73 Å². The number of carbonyl (C=O) groups excluding carboxylic acids is 1. The summed E-state index contributed by atoms with van der Waals surface area (Å²) in [6.45, 7) is 10.5. The molecule has 0 bridgehead atoms. The Morgan fingerprint density at radius 1 is 1.25 bits per heavy atom. The van der Waals surface area contributed by atoms with Crippen LogP contribution in [0.1, 0.15) is 49.5 Å². The van der Waals surface area contributed by atoms with Gasteiger partial charge in [0.1, 0.15) is 0 Å². The lowest BCUT2D eigenvalue weighted by Crippen LogP contribution is -2.41. The van der Waals surface area contributed by atoms with Gasteiger partial charge >= 0.3 is 0 Å². The quantitative estimate of drug-likeness (QED) is 0.797. The number of amides is 1. The van der Waals surface area contributed by atoms with Gasteiger partial charge in [0.2, 0.25) is 0 Å². The van der Waals surface area contributed by atoms with E-state index in [4.69, 9.17) is 5.73 Å². The minimum atomic E-state index is 0.127. The number of nitrogens with two attached hydrogens (primary N) is 1. The molecule has 1 fully saturated rings. The first-order chi connectivity index (χ1) is 9.30. The number of nitrogens with zero attached hydrogens (tertiary/aromatic N) is 1. The van der Waals surface area contributed by atoms with E-state index in [1.807, 2.05) is 30.0 Å². The van der Waals surface area contributed by atoms with E-state index in [1.165, 1.54) is 0 Å². The van der Waals surface area contributed by atoms with Crippen molar-refractivity contribution in [1.82, 2.24) is 4.90 Å². The summed E-state index contributed by atoms with van der Waals surface area (Å²) in [7, 11) is 0. The summed E-state index contributed by atoms with van der Waals surface area (Å²) < 4.78 is 0. The van der Waals surface area contributed by atoms with Crippen molar-refractivity contribution >= 4 is 11.6 Å². The predicted octanol–water partition coefficient (Wildman–Crippen LogP) is 3.48. The van der Waals surface area contributed by atoms with Crippen molar-refractivity contribution in [2.45, 2.75) is 40.5 Å². The lowest BCUT2D eigenvalue weighted by molar-refractivity contribution is 0.0608. The topological polar surface area (TPSA) is 46.3 Å². The average molecular weight is 274 g/mol. The highest BCUT2D eigenvalue weighted by Crippen LogP contribution is 2.34. The van der Waals surface area contributed by atoms with Crippen LogP contribution in [-0.4, -0.2) is 23.9 Å². The Balaban J connectivity index is 2.07. The number of hydrogen-bond donors (Lipinski definition) is 1. The van der Waals surface area contributed by atoms with E-state index in [-0.39, 0.29) is 5.91 Å². The molecule has 1 aromatic rings. The fourth-order valence-corrected chi connectivity index (χ4v) is 3.00. The molecule has 2 rings (SSSR count). The van der Waals surface area contributed by atoms with Crippen LogP contribution in [-0.2, 0) is 0 Å². The molecule has 0 aliphatic carbocycles. The van der Waals surface area contributed by atoms with Crippen molar-refractivity contribution in [2.75, 3.05) is 18.8 Å². The lowest BCUT2D eigenvalue weighted by Gasteiger charge is -2.39. The van der Waals surface area contributed by atoms with E-state index in [0.29, 0.717) is 17.0 Å². The smallest absolute Gasteiger partial charge is 0.254 e. The third-order valence-corrected chi connectivity index (χ3v) is 4.61. The molecule has 1 amide bonds. The number of hydrogen-bond acceptors (Lipinski definition) is 2. The fourth-order valence-electron chi connectivity index (χ4n) is 3.00. The van der Waals surface area contributed by atoms with Gasteiger partial charge in [-0.3, -0.25) is 4.79 Å². The zero-order valence-corrected chi connectivity index (χ0v) is 13.1. The molecule has 0 spiro atoms. The van der Waals surface area contributed by atoms with Crippen molar-refractivity contribution in [3.8, 4) is 0 Å². The van der Waals surface area contributed by atoms with E-state index in [1.54, 1.807) is 0 Å². The Morgan fingerprint density at radius 2 is 1.85 bits per heavy atom. The standard InChI is InChI=1S/C17H26N2O/c1-12-14(6-5-7-15(12)18)16(20)19-10-8-13(9-11-19)17(2,3)4/h5-7,13H,8-11,18H2,1-4H3. The Labute approximate surface area is 122 Å². The van der Waals surface area contributed by atoms with Gasteiger partial charge in [-0.2, -0.15) is 0 Å². The van der Waals surface area contributed by atoms with Crippen LogP contribution in [0, 0.1) is 18.3 Å². The maximum absolute atomic E-state index is 12.6. The van der Waals surface area contributed by atoms with Crippen LogP contribution >= 0.6 is 0 Å². The Bertz CT molecular complexity index is 494. The molecule has 2 N–H and O–H groups in total. The minimum absolute atomic E-state index is 0.127. The van der Waals surface area contributed by atoms with Crippen LogP contribution in [0.15, 0.2) is 18.2 Å². The molecule has 0 radical (unpaired) electrons. The Morgan fingerprint density at radius 3 is 2.40 bits per heavy atom. The number of nitrogen functional groups attached to an aromatic ring is 1. The average Bonchev–Trinajstić information content (AvgIpc) is 2.40. The minimum Gasteiger partial charge on any atom is -0.398 e. The normalized spacial score (nSPS) is 17.3. The molecular formula is C17H26N2O. The molecule has 110 valence electrons. The largest absolute Gasteiger partial charge is 0.398 e. The first-order valence-corrected chi connectivity index (χ1v) is 7.45. The lowest BCUT2D eigenvalue weighted by atomic mass is 9.75. The molecule has 0 unspecified atom stereocenters. The van der Waals surface area contributed by atoms with E-state index in [0.717, 1.165) is 37.1 Å². The highest BCUT2D eigenvalue weighted by Gasteiger charge is 2.31. The maximum atomic E-state index is 12.6. The summed E-state index contributed by atoms with van der Waals surface area (Å²) in [6, 6.07) is 5.58. The summed E-state index contributed by atoms with van der Waals surface area (Å²) >= 11 is 0. The molecule has 1 aliphatic heterocycles. The van der Waals surface area contributed by atoms with Crippen molar-refractivity contribution in [2.24, 2.45) is 11.3 Å². The number of carbonyl (C=O) groups is 1. The summed E-state index contributed by atoms with van der Waals surface area (Å²) in [5.41, 5.74) is 8.57. The Hall–Kier alpha value is -1.51.